The van der Waals surface area contributed by atoms with Crippen molar-refractivity contribution in [3.8, 4) is 0 Å². The van der Waals surface area contributed by atoms with Gasteiger partial charge in [-0.05, 0) is 31.4 Å². The van der Waals surface area contributed by atoms with Gasteiger partial charge < -0.3 is 4.90 Å². The van der Waals surface area contributed by atoms with E-state index in [2.05, 4.69) is 0 Å². The third kappa shape index (κ3) is 3.03. The molecule has 1 aliphatic rings. The molecule has 0 unspecified atom stereocenters. The van der Waals surface area contributed by atoms with Crippen LogP contribution in [-0.4, -0.2) is 23.9 Å². The van der Waals surface area contributed by atoms with Gasteiger partial charge in [-0.15, -0.1) is 0 Å². The van der Waals surface area contributed by atoms with E-state index in [0.29, 0.717) is 13.1 Å². The van der Waals surface area contributed by atoms with Crippen LogP contribution in [0.1, 0.15) is 35.2 Å². The minimum absolute atomic E-state index is 0.0709. The van der Waals surface area contributed by atoms with Crippen molar-refractivity contribution in [1.82, 2.24) is 4.90 Å². The molecule has 2 rings (SSSR count). The second kappa shape index (κ2) is 5.41. The number of hydrogen-bond donors (Lipinski definition) is 0. The third-order valence-corrected chi connectivity index (χ3v) is 3.59. The molecular weight excluding hydrogens is 279 g/mol. The Kier molecular flexibility index (Phi) is 4.04. The minimum atomic E-state index is -4.55. The van der Waals surface area contributed by atoms with Crippen LogP contribution in [0.4, 0.5) is 13.2 Å². The fraction of sp³-hybridized carbons (Fsp3) is 0.462. The Hall–Kier alpha value is -1.23. The van der Waals surface area contributed by atoms with Crippen molar-refractivity contribution >= 4 is 17.5 Å². The fourth-order valence-electron chi connectivity index (χ4n) is 2.18. The number of alkyl halides is 3. The van der Waals surface area contributed by atoms with Gasteiger partial charge in [-0.1, -0.05) is 17.7 Å². The van der Waals surface area contributed by atoms with E-state index in [1.807, 2.05) is 0 Å². The molecule has 0 spiro atoms. The average molecular weight is 292 g/mol. The normalized spacial score (nSPS) is 16.5. The lowest BCUT2D eigenvalue weighted by Gasteiger charge is -2.27. The number of rotatable bonds is 1. The molecule has 6 heteroatoms. The highest BCUT2D eigenvalue weighted by Crippen LogP contribution is 2.36. The van der Waals surface area contributed by atoms with E-state index < -0.39 is 22.7 Å². The molecule has 1 aliphatic heterocycles. The van der Waals surface area contributed by atoms with E-state index >= 15 is 0 Å². The number of carbonyl (C=O) groups excluding carboxylic acids is 1. The Morgan fingerprint density at radius 3 is 2.37 bits per heavy atom. The topological polar surface area (TPSA) is 20.3 Å². The van der Waals surface area contributed by atoms with Gasteiger partial charge in [0, 0.05) is 13.1 Å². The molecule has 0 atom stereocenters. The van der Waals surface area contributed by atoms with Crippen LogP contribution < -0.4 is 0 Å². The molecule has 0 aromatic heterocycles. The molecule has 1 saturated heterocycles. The first kappa shape index (κ1) is 14.2. The second-order valence-electron chi connectivity index (χ2n) is 4.52. The molecule has 2 nitrogen and oxygen atoms in total. The van der Waals surface area contributed by atoms with Gasteiger partial charge in [0.05, 0.1) is 16.1 Å². The van der Waals surface area contributed by atoms with Crippen LogP contribution >= 0.6 is 11.6 Å². The Balaban J connectivity index is 2.32. The van der Waals surface area contributed by atoms with Crippen LogP contribution in [-0.2, 0) is 6.18 Å². The molecule has 104 valence electrons. The largest absolute Gasteiger partial charge is 0.417 e. The van der Waals surface area contributed by atoms with Crippen LogP contribution in [0.3, 0.4) is 0 Å². The molecule has 1 aromatic rings. The van der Waals surface area contributed by atoms with Crippen molar-refractivity contribution in [3.05, 3.63) is 34.3 Å². The van der Waals surface area contributed by atoms with E-state index in [9.17, 15) is 18.0 Å². The summed E-state index contributed by atoms with van der Waals surface area (Å²) in [5.74, 6) is -0.421. The van der Waals surface area contributed by atoms with Crippen LogP contribution in [0.2, 0.25) is 5.02 Å². The molecule has 0 saturated carbocycles. The summed E-state index contributed by atoms with van der Waals surface area (Å²) in [6, 6.07) is 3.44. The highest BCUT2D eigenvalue weighted by atomic mass is 35.5. The number of halogens is 4. The van der Waals surface area contributed by atoms with Crippen LogP contribution in [0.5, 0.6) is 0 Å². The summed E-state index contributed by atoms with van der Waals surface area (Å²) >= 11 is 5.74. The highest BCUT2D eigenvalue weighted by Gasteiger charge is 2.35. The summed E-state index contributed by atoms with van der Waals surface area (Å²) in [5, 5.41) is -0.509. The first-order valence-corrected chi connectivity index (χ1v) is 6.44. The molecule has 1 aromatic carbocycles. The Morgan fingerprint density at radius 2 is 1.79 bits per heavy atom. The van der Waals surface area contributed by atoms with Gasteiger partial charge in [0.25, 0.3) is 5.91 Å². The summed E-state index contributed by atoms with van der Waals surface area (Å²) in [4.78, 5) is 13.7. The highest BCUT2D eigenvalue weighted by molar-refractivity contribution is 6.34. The molecule has 0 N–H and O–H groups in total. The van der Waals surface area contributed by atoms with Gasteiger partial charge in [-0.25, -0.2) is 0 Å². The van der Waals surface area contributed by atoms with Crippen LogP contribution in [0, 0.1) is 0 Å². The summed E-state index contributed by atoms with van der Waals surface area (Å²) in [6.07, 6.45) is -1.75. The maximum absolute atomic E-state index is 12.7. The van der Waals surface area contributed by atoms with E-state index in [1.54, 1.807) is 4.90 Å². The first-order chi connectivity index (χ1) is 8.91. The van der Waals surface area contributed by atoms with Crippen molar-refractivity contribution in [1.29, 1.82) is 0 Å². The molecule has 19 heavy (non-hydrogen) atoms. The van der Waals surface area contributed by atoms with Gasteiger partial charge >= 0.3 is 6.18 Å². The number of nitrogens with zero attached hydrogens (tertiary/aromatic N) is 1. The molecule has 0 aliphatic carbocycles. The molecular formula is C13H13ClF3NO. The lowest BCUT2D eigenvalue weighted by molar-refractivity contribution is -0.137. The van der Waals surface area contributed by atoms with E-state index in [4.69, 9.17) is 11.6 Å². The maximum atomic E-state index is 12.7. The predicted octanol–water partition coefficient (Wildman–Crippen LogP) is 3.98. The van der Waals surface area contributed by atoms with Gasteiger partial charge in [0.15, 0.2) is 0 Å². The number of amides is 1. The summed E-state index contributed by atoms with van der Waals surface area (Å²) in [7, 11) is 0. The second-order valence-corrected chi connectivity index (χ2v) is 4.90. The van der Waals surface area contributed by atoms with Crippen molar-refractivity contribution in [2.75, 3.05) is 13.1 Å². The SMILES string of the molecule is O=C(c1cccc(C(F)(F)F)c1Cl)N1CCCCC1. The van der Waals surface area contributed by atoms with E-state index in [0.717, 1.165) is 25.3 Å². The Morgan fingerprint density at radius 1 is 1.16 bits per heavy atom. The van der Waals surface area contributed by atoms with E-state index in [-0.39, 0.29) is 5.56 Å². The van der Waals surface area contributed by atoms with Gasteiger partial charge in [0.2, 0.25) is 0 Å². The molecule has 1 fully saturated rings. The van der Waals surface area contributed by atoms with Gasteiger partial charge in [-0.2, -0.15) is 13.2 Å². The Bertz CT molecular complexity index is 481. The zero-order chi connectivity index (χ0) is 14.0. The standard InChI is InChI=1S/C13H13ClF3NO/c14-11-9(5-4-6-10(11)13(15,16)17)12(19)18-7-2-1-3-8-18/h4-6H,1-3,7-8H2. The van der Waals surface area contributed by atoms with Crippen molar-refractivity contribution in [2.24, 2.45) is 0 Å². The van der Waals surface area contributed by atoms with Crippen LogP contribution in [0.15, 0.2) is 18.2 Å². The number of hydrogen-bond acceptors (Lipinski definition) is 1. The predicted molar refractivity (Wildman–Crippen MR) is 66.2 cm³/mol. The zero-order valence-corrected chi connectivity index (χ0v) is 10.9. The van der Waals surface area contributed by atoms with Gasteiger partial charge in [0.1, 0.15) is 0 Å². The first-order valence-electron chi connectivity index (χ1n) is 6.06. The summed E-state index contributed by atoms with van der Waals surface area (Å²) in [6.45, 7) is 1.15. The van der Waals surface area contributed by atoms with Crippen molar-refractivity contribution in [2.45, 2.75) is 25.4 Å². The fourth-order valence-corrected chi connectivity index (χ4v) is 2.50. The molecule has 1 heterocycles. The van der Waals surface area contributed by atoms with Crippen molar-refractivity contribution < 1.29 is 18.0 Å². The summed E-state index contributed by atoms with van der Waals surface area (Å²) in [5.41, 5.74) is -1.03. The number of benzene rings is 1. The number of piperidine rings is 1. The smallest absolute Gasteiger partial charge is 0.339 e. The molecule has 0 radical (unpaired) electrons. The lowest BCUT2D eigenvalue weighted by Crippen LogP contribution is -2.35. The average Bonchev–Trinajstić information content (AvgIpc) is 2.38. The Labute approximate surface area is 114 Å². The van der Waals surface area contributed by atoms with E-state index in [1.165, 1.54) is 12.1 Å². The molecule has 0 bridgehead atoms. The minimum Gasteiger partial charge on any atom is -0.339 e. The number of carbonyl (C=O) groups is 1. The van der Waals surface area contributed by atoms with Crippen molar-refractivity contribution in [3.63, 3.8) is 0 Å². The third-order valence-electron chi connectivity index (χ3n) is 3.18. The lowest BCUT2D eigenvalue weighted by atomic mass is 10.1. The quantitative estimate of drug-likeness (QED) is 0.766. The summed E-state index contributed by atoms with van der Waals surface area (Å²) < 4.78 is 38.2. The number of likely N-dealkylation sites (tertiary alicyclic amines) is 1. The van der Waals surface area contributed by atoms with Gasteiger partial charge in [-0.3, -0.25) is 4.79 Å². The monoisotopic (exact) mass is 291 g/mol. The maximum Gasteiger partial charge on any atom is 0.417 e. The van der Waals surface area contributed by atoms with Crippen LogP contribution in [0.25, 0.3) is 0 Å². The zero-order valence-electron chi connectivity index (χ0n) is 10.1. The molecule has 1 amide bonds.